The van der Waals surface area contributed by atoms with Crippen molar-refractivity contribution in [1.82, 2.24) is 15.0 Å². The van der Waals surface area contributed by atoms with Crippen LogP contribution in [0.2, 0.25) is 0 Å². The van der Waals surface area contributed by atoms with Gasteiger partial charge in [0.25, 0.3) is 5.91 Å². The number of morpholine rings is 1. The van der Waals surface area contributed by atoms with Crippen LogP contribution < -0.4 is 0 Å². The fraction of sp³-hybridized carbons (Fsp3) is 0.667. The first-order valence-corrected chi connectivity index (χ1v) is 7.61. The van der Waals surface area contributed by atoms with Crippen molar-refractivity contribution in [3.8, 4) is 0 Å². The number of aromatic nitrogens is 1. The van der Waals surface area contributed by atoms with Gasteiger partial charge in [-0.25, -0.2) is 0 Å². The molecule has 2 saturated heterocycles. The summed E-state index contributed by atoms with van der Waals surface area (Å²) in [4.78, 5) is 27.7. The molecule has 0 saturated carbocycles. The van der Waals surface area contributed by atoms with Crippen LogP contribution in [-0.4, -0.2) is 65.2 Å². The largest absolute Gasteiger partial charge is 0.371 e. The first-order chi connectivity index (χ1) is 10.5. The first-order valence-electron chi connectivity index (χ1n) is 7.61. The summed E-state index contributed by atoms with van der Waals surface area (Å²) in [6.07, 6.45) is 2.95. The summed E-state index contributed by atoms with van der Waals surface area (Å²) in [7, 11) is 0. The fourth-order valence-electron chi connectivity index (χ4n) is 3.21. The molecule has 7 heteroatoms. The van der Waals surface area contributed by atoms with Gasteiger partial charge in [-0.3, -0.25) is 9.59 Å². The molecular weight excluding hydrogens is 286 g/mol. The Labute approximate surface area is 129 Å². The number of aryl methyl sites for hydroxylation is 1. The Morgan fingerprint density at radius 1 is 1.23 bits per heavy atom. The van der Waals surface area contributed by atoms with Gasteiger partial charge in [0.1, 0.15) is 11.3 Å². The third-order valence-electron chi connectivity index (χ3n) is 4.64. The van der Waals surface area contributed by atoms with Gasteiger partial charge in [-0.15, -0.1) is 0 Å². The van der Waals surface area contributed by atoms with E-state index in [9.17, 15) is 9.59 Å². The van der Waals surface area contributed by atoms with E-state index in [1.807, 2.05) is 4.90 Å². The molecule has 3 rings (SSSR count). The van der Waals surface area contributed by atoms with Crippen LogP contribution >= 0.6 is 0 Å². The lowest BCUT2D eigenvalue weighted by Crippen LogP contribution is -2.58. The molecule has 2 aliphatic heterocycles. The molecule has 0 bridgehead atoms. The van der Waals surface area contributed by atoms with E-state index in [-0.39, 0.29) is 17.4 Å². The molecule has 22 heavy (non-hydrogen) atoms. The number of likely N-dealkylation sites (tertiary alicyclic amines) is 1. The Morgan fingerprint density at radius 3 is 2.55 bits per heavy atom. The second-order valence-electron chi connectivity index (χ2n) is 6.06. The Hall–Kier alpha value is -1.89. The lowest BCUT2D eigenvalue weighted by Gasteiger charge is -2.47. The van der Waals surface area contributed by atoms with Crippen LogP contribution in [0.25, 0.3) is 0 Å². The fourth-order valence-corrected chi connectivity index (χ4v) is 3.21. The van der Waals surface area contributed by atoms with Gasteiger partial charge in [0.2, 0.25) is 5.91 Å². The monoisotopic (exact) mass is 307 g/mol. The van der Waals surface area contributed by atoms with Crippen LogP contribution in [0, 0.1) is 6.92 Å². The number of hydrogen-bond donors (Lipinski definition) is 0. The highest BCUT2D eigenvalue weighted by Crippen LogP contribution is 2.31. The van der Waals surface area contributed by atoms with Crippen LogP contribution in [0.5, 0.6) is 0 Å². The van der Waals surface area contributed by atoms with Gasteiger partial charge in [0.05, 0.1) is 18.4 Å². The van der Waals surface area contributed by atoms with E-state index in [1.165, 1.54) is 6.20 Å². The summed E-state index contributed by atoms with van der Waals surface area (Å²) in [5, 5.41) is 3.66. The number of piperidine rings is 1. The molecule has 0 N–H and O–H groups in total. The van der Waals surface area contributed by atoms with E-state index in [1.54, 1.807) is 18.7 Å². The average molecular weight is 307 g/mol. The third-order valence-corrected chi connectivity index (χ3v) is 4.64. The Morgan fingerprint density at radius 2 is 1.95 bits per heavy atom. The second-order valence-corrected chi connectivity index (χ2v) is 6.06. The number of rotatable bonds is 1. The van der Waals surface area contributed by atoms with Gasteiger partial charge in [0.15, 0.2) is 0 Å². The Kier molecular flexibility index (Phi) is 3.90. The number of nitrogens with zero attached hydrogens (tertiary/aromatic N) is 3. The molecule has 1 aromatic heterocycles. The molecule has 2 amide bonds. The molecule has 0 aliphatic carbocycles. The molecule has 0 atom stereocenters. The van der Waals surface area contributed by atoms with E-state index >= 15 is 0 Å². The second kappa shape index (κ2) is 5.72. The first kappa shape index (κ1) is 15.0. The molecular formula is C15H21N3O4. The highest BCUT2D eigenvalue weighted by Gasteiger charge is 2.41. The molecule has 0 radical (unpaired) electrons. The summed E-state index contributed by atoms with van der Waals surface area (Å²) in [6, 6.07) is 0. The van der Waals surface area contributed by atoms with Gasteiger partial charge in [-0.1, -0.05) is 5.16 Å². The Balaban J connectivity index is 1.64. The van der Waals surface area contributed by atoms with Crippen molar-refractivity contribution in [2.24, 2.45) is 0 Å². The normalized spacial score (nSPS) is 21.2. The van der Waals surface area contributed by atoms with Crippen LogP contribution in [-0.2, 0) is 9.53 Å². The maximum Gasteiger partial charge on any atom is 0.259 e. The molecule has 1 spiro atoms. The third kappa shape index (κ3) is 2.72. The van der Waals surface area contributed by atoms with Gasteiger partial charge in [-0.2, -0.15) is 0 Å². The van der Waals surface area contributed by atoms with Crippen LogP contribution in [0.3, 0.4) is 0 Å². The molecule has 2 aliphatic rings. The lowest BCUT2D eigenvalue weighted by molar-refractivity contribution is -0.156. The van der Waals surface area contributed by atoms with Gasteiger partial charge >= 0.3 is 0 Å². The smallest absolute Gasteiger partial charge is 0.259 e. The van der Waals surface area contributed by atoms with Crippen molar-refractivity contribution in [2.45, 2.75) is 32.3 Å². The molecule has 0 unspecified atom stereocenters. The van der Waals surface area contributed by atoms with E-state index in [0.29, 0.717) is 44.1 Å². The molecule has 7 nitrogen and oxygen atoms in total. The van der Waals surface area contributed by atoms with Crippen molar-refractivity contribution < 1.29 is 18.8 Å². The topological polar surface area (TPSA) is 75.9 Å². The maximum atomic E-state index is 12.4. The number of carbonyl (C=O) groups excluding carboxylic acids is 2. The van der Waals surface area contributed by atoms with E-state index in [2.05, 4.69) is 5.16 Å². The zero-order valence-corrected chi connectivity index (χ0v) is 13.0. The van der Waals surface area contributed by atoms with Crippen LogP contribution in [0.15, 0.2) is 10.7 Å². The van der Waals surface area contributed by atoms with Gasteiger partial charge < -0.3 is 19.1 Å². The predicted octanol–water partition coefficient (Wildman–Crippen LogP) is 0.837. The summed E-state index contributed by atoms with van der Waals surface area (Å²) >= 11 is 0. The average Bonchev–Trinajstić information content (AvgIpc) is 2.93. The highest BCUT2D eigenvalue weighted by molar-refractivity contribution is 5.94. The summed E-state index contributed by atoms with van der Waals surface area (Å²) in [6.45, 7) is 6.41. The molecule has 120 valence electrons. The van der Waals surface area contributed by atoms with Crippen molar-refractivity contribution in [2.75, 3.05) is 32.8 Å². The number of hydrogen-bond acceptors (Lipinski definition) is 5. The minimum atomic E-state index is -0.301. The standard InChI is InChI=1S/C15H21N3O4/c1-11-13(9-16-22-11)14(20)17-5-3-15(4-6-17)10-18(12(2)19)7-8-21-15/h9H,3-8,10H2,1-2H3. The van der Waals surface area contributed by atoms with Crippen LogP contribution in [0.1, 0.15) is 35.9 Å². The predicted molar refractivity (Wildman–Crippen MR) is 77.3 cm³/mol. The zero-order valence-electron chi connectivity index (χ0n) is 13.0. The lowest BCUT2D eigenvalue weighted by atomic mass is 9.89. The summed E-state index contributed by atoms with van der Waals surface area (Å²) in [5.74, 6) is 0.580. The number of amides is 2. The summed E-state index contributed by atoms with van der Waals surface area (Å²) < 4.78 is 10.9. The highest BCUT2D eigenvalue weighted by atomic mass is 16.5. The van der Waals surface area contributed by atoms with E-state index in [0.717, 1.165) is 12.8 Å². The zero-order chi connectivity index (χ0) is 15.7. The minimum Gasteiger partial charge on any atom is -0.371 e. The van der Waals surface area contributed by atoms with Crippen molar-refractivity contribution in [3.05, 3.63) is 17.5 Å². The quantitative estimate of drug-likeness (QED) is 0.768. The van der Waals surface area contributed by atoms with Crippen molar-refractivity contribution >= 4 is 11.8 Å². The van der Waals surface area contributed by atoms with Gasteiger partial charge in [-0.05, 0) is 19.8 Å². The Bertz CT molecular complexity index is 575. The minimum absolute atomic E-state index is 0.0483. The summed E-state index contributed by atoms with van der Waals surface area (Å²) in [5.41, 5.74) is 0.218. The molecule has 0 aromatic carbocycles. The van der Waals surface area contributed by atoms with E-state index in [4.69, 9.17) is 9.26 Å². The van der Waals surface area contributed by atoms with Crippen molar-refractivity contribution in [3.63, 3.8) is 0 Å². The molecule has 3 heterocycles. The van der Waals surface area contributed by atoms with Gasteiger partial charge in [0, 0.05) is 33.1 Å². The number of ether oxygens (including phenoxy) is 1. The number of carbonyl (C=O) groups is 2. The van der Waals surface area contributed by atoms with E-state index < -0.39 is 0 Å². The molecule has 2 fully saturated rings. The van der Waals surface area contributed by atoms with Crippen LogP contribution in [0.4, 0.5) is 0 Å². The SMILES string of the molecule is CC(=O)N1CCOC2(CCN(C(=O)c3cnoc3C)CC2)C1. The van der Waals surface area contributed by atoms with Crippen molar-refractivity contribution in [1.29, 1.82) is 0 Å². The maximum absolute atomic E-state index is 12.4. The molecule has 1 aromatic rings.